The number of nitro groups is 1. The van der Waals surface area contributed by atoms with Crippen molar-refractivity contribution in [1.29, 1.82) is 0 Å². The highest BCUT2D eigenvalue weighted by Crippen LogP contribution is 2.34. The number of allylic oxidation sites excluding steroid dienone is 1. The molecule has 0 saturated carbocycles. The number of non-ortho nitro benzene ring substituents is 1. The number of nitrogens with one attached hydrogen (secondary N) is 1. The van der Waals surface area contributed by atoms with Crippen LogP contribution in [0.1, 0.15) is 33.3 Å². The first-order valence-corrected chi connectivity index (χ1v) is 12.5. The van der Waals surface area contributed by atoms with Gasteiger partial charge in [-0.1, -0.05) is 18.2 Å². The standard InChI is InChI=1S/C28H24FN3O5S/c1-3-5-20-12-19(13-24(36-4-2)27(20)37-17-18-6-8-22(29)9-7-18)16-30-31-28(33)26-15-21-14-23(32(34)35)10-11-25(21)38-26/h3,6-16H,1,4-5,17H2,2H3,(H,31,33)/b30-16-. The number of fused-ring (bicyclic) bond motifs is 1. The molecule has 8 nitrogen and oxygen atoms in total. The van der Waals surface area contributed by atoms with Gasteiger partial charge in [0.2, 0.25) is 0 Å². The molecule has 1 N–H and O–H groups in total. The van der Waals surface area contributed by atoms with Crippen molar-refractivity contribution in [3.8, 4) is 11.5 Å². The second-order valence-corrected chi connectivity index (χ2v) is 9.22. The Morgan fingerprint density at radius 3 is 2.66 bits per heavy atom. The third kappa shape index (κ3) is 6.40. The quantitative estimate of drug-likeness (QED) is 0.104. The molecule has 0 spiro atoms. The van der Waals surface area contributed by atoms with E-state index in [2.05, 4.69) is 17.1 Å². The molecule has 0 aliphatic carbocycles. The summed E-state index contributed by atoms with van der Waals surface area (Å²) in [6, 6.07) is 15.7. The molecule has 0 atom stereocenters. The Labute approximate surface area is 222 Å². The van der Waals surface area contributed by atoms with Gasteiger partial charge in [-0.3, -0.25) is 14.9 Å². The Morgan fingerprint density at radius 1 is 1.16 bits per heavy atom. The molecule has 4 aromatic rings. The zero-order valence-electron chi connectivity index (χ0n) is 20.5. The van der Waals surface area contributed by atoms with E-state index in [1.807, 2.05) is 13.0 Å². The molecule has 194 valence electrons. The number of hydrazone groups is 1. The van der Waals surface area contributed by atoms with Gasteiger partial charge in [-0.2, -0.15) is 5.10 Å². The van der Waals surface area contributed by atoms with Crippen molar-refractivity contribution >= 4 is 39.2 Å². The Kier molecular flexibility index (Phi) is 8.44. The molecule has 1 amide bonds. The molecule has 0 aliphatic heterocycles. The van der Waals surface area contributed by atoms with Crippen LogP contribution in [0.25, 0.3) is 10.1 Å². The number of thiophene rings is 1. The molecule has 0 bridgehead atoms. The highest BCUT2D eigenvalue weighted by molar-refractivity contribution is 7.20. The van der Waals surface area contributed by atoms with E-state index in [9.17, 15) is 19.3 Å². The maximum atomic E-state index is 13.2. The molecule has 3 aromatic carbocycles. The smallest absolute Gasteiger partial charge is 0.281 e. The SMILES string of the molecule is C=CCc1cc(/C=N\NC(=O)c2cc3cc([N+](=O)[O-])ccc3s2)cc(OCC)c1OCc1ccc(F)cc1. The van der Waals surface area contributed by atoms with Crippen LogP contribution in [0.4, 0.5) is 10.1 Å². The minimum Gasteiger partial charge on any atom is -0.490 e. The number of hydrogen-bond acceptors (Lipinski definition) is 7. The monoisotopic (exact) mass is 533 g/mol. The van der Waals surface area contributed by atoms with Crippen LogP contribution >= 0.6 is 11.3 Å². The molecule has 4 rings (SSSR count). The lowest BCUT2D eigenvalue weighted by Crippen LogP contribution is -2.16. The largest absolute Gasteiger partial charge is 0.490 e. The average Bonchev–Trinajstić information content (AvgIpc) is 3.33. The lowest BCUT2D eigenvalue weighted by Gasteiger charge is -2.17. The van der Waals surface area contributed by atoms with Gasteiger partial charge in [0, 0.05) is 27.8 Å². The first-order chi connectivity index (χ1) is 18.4. The zero-order valence-corrected chi connectivity index (χ0v) is 21.3. The molecule has 10 heteroatoms. The van der Waals surface area contributed by atoms with Crippen LogP contribution < -0.4 is 14.9 Å². The topological polar surface area (TPSA) is 103 Å². The zero-order chi connectivity index (χ0) is 27.1. The summed E-state index contributed by atoms with van der Waals surface area (Å²) < 4.78 is 25.9. The first kappa shape index (κ1) is 26.5. The minimum atomic E-state index is -0.475. The second-order valence-electron chi connectivity index (χ2n) is 8.14. The van der Waals surface area contributed by atoms with Crippen LogP contribution in [0.2, 0.25) is 0 Å². The van der Waals surface area contributed by atoms with Gasteiger partial charge in [0.15, 0.2) is 11.5 Å². The summed E-state index contributed by atoms with van der Waals surface area (Å²) in [6.07, 6.45) is 3.74. The van der Waals surface area contributed by atoms with E-state index in [1.165, 1.54) is 41.8 Å². The normalized spacial score (nSPS) is 11.0. The van der Waals surface area contributed by atoms with Gasteiger partial charge in [-0.25, -0.2) is 9.82 Å². The Hall–Kier alpha value is -4.57. The van der Waals surface area contributed by atoms with E-state index in [1.54, 1.807) is 36.4 Å². The summed E-state index contributed by atoms with van der Waals surface area (Å²) in [6.45, 7) is 6.31. The summed E-state index contributed by atoms with van der Waals surface area (Å²) in [5.74, 6) is 0.313. The third-order valence-corrected chi connectivity index (χ3v) is 6.54. The number of hydrogen-bond donors (Lipinski definition) is 1. The number of nitro benzene ring substituents is 1. The number of halogens is 1. The van der Waals surface area contributed by atoms with E-state index in [-0.39, 0.29) is 18.1 Å². The van der Waals surface area contributed by atoms with Crippen molar-refractivity contribution < 1.29 is 23.6 Å². The van der Waals surface area contributed by atoms with Gasteiger partial charge >= 0.3 is 0 Å². The van der Waals surface area contributed by atoms with Gasteiger partial charge < -0.3 is 9.47 Å². The molecule has 0 radical (unpaired) electrons. The van der Waals surface area contributed by atoms with Crippen molar-refractivity contribution in [3.05, 3.63) is 111 Å². The lowest BCUT2D eigenvalue weighted by molar-refractivity contribution is -0.384. The number of amides is 1. The molecule has 0 unspecified atom stereocenters. The maximum absolute atomic E-state index is 13.2. The summed E-state index contributed by atoms with van der Waals surface area (Å²) in [4.78, 5) is 23.5. The van der Waals surface area contributed by atoms with E-state index >= 15 is 0 Å². The summed E-state index contributed by atoms with van der Waals surface area (Å²) in [7, 11) is 0. The molecular weight excluding hydrogens is 509 g/mol. The van der Waals surface area contributed by atoms with Crippen LogP contribution in [0.5, 0.6) is 11.5 Å². The fourth-order valence-electron chi connectivity index (χ4n) is 3.70. The summed E-state index contributed by atoms with van der Waals surface area (Å²) >= 11 is 1.22. The van der Waals surface area contributed by atoms with Crippen LogP contribution in [0.15, 0.2) is 78.4 Å². The van der Waals surface area contributed by atoms with Crippen molar-refractivity contribution in [2.75, 3.05) is 6.61 Å². The van der Waals surface area contributed by atoms with Gasteiger partial charge in [-0.15, -0.1) is 17.9 Å². The van der Waals surface area contributed by atoms with Gasteiger partial charge in [0.05, 0.1) is 22.6 Å². The number of nitrogens with zero attached hydrogens (tertiary/aromatic N) is 2. The van der Waals surface area contributed by atoms with Crippen LogP contribution in [0, 0.1) is 15.9 Å². The second kappa shape index (κ2) is 12.1. The molecule has 0 saturated heterocycles. The van der Waals surface area contributed by atoms with Crippen LogP contribution in [0.3, 0.4) is 0 Å². The minimum absolute atomic E-state index is 0.0363. The Balaban J connectivity index is 1.51. The fourth-order valence-corrected chi connectivity index (χ4v) is 4.64. The molecule has 38 heavy (non-hydrogen) atoms. The maximum Gasteiger partial charge on any atom is 0.281 e. The Bertz CT molecular complexity index is 1520. The highest BCUT2D eigenvalue weighted by Gasteiger charge is 2.15. The van der Waals surface area contributed by atoms with Crippen molar-refractivity contribution in [2.24, 2.45) is 5.10 Å². The molecule has 0 aliphatic rings. The summed E-state index contributed by atoms with van der Waals surface area (Å²) in [5.41, 5.74) is 4.76. The predicted octanol–water partition coefficient (Wildman–Crippen LogP) is 6.42. The number of carbonyl (C=O) groups is 1. The first-order valence-electron chi connectivity index (χ1n) is 11.7. The van der Waals surface area contributed by atoms with E-state index in [0.29, 0.717) is 40.4 Å². The van der Waals surface area contributed by atoms with E-state index < -0.39 is 10.8 Å². The Morgan fingerprint density at radius 2 is 1.95 bits per heavy atom. The van der Waals surface area contributed by atoms with E-state index in [4.69, 9.17) is 9.47 Å². The van der Waals surface area contributed by atoms with Crippen molar-refractivity contribution in [1.82, 2.24) is 5.43 Å². The number of ether oxygens (including phenoxy) is 2. The van der Waals surface area contributed by atoms with Gasteiger partial charge in [0.25, 0.3) is 11.6 Å². The lowest BCUT2D eigenvalue weighted by atomic mass is 10.1. The van der Waals surface area contributed by atoms with Crippen molar-refractivity contribution in [2.45, 2.75) is 20.0 Å². The average molecular weight is 534 g/mol. The van der Waals surface area contributed by atoms with Gasteiger partial charge in [-0.05, 0) is 60.9 Å². The van der Waals surface area contributed by atoms with Gasteiger partial charge in [0.1, 0.15) is 12.4 Å². The molecule has 1 aromatic heterocycles. The third-order valence-electron chi connectivity index (χ3n) is 5.43. The number of benzene rings is 3. The molecular formula is C28H24FN3O5S. The number of rotatable bonds is 11. The van der Waals surface area contributed by atoms with Crippen LogP contribution in [-0.2, 0) is 13.0 Å². The highest BCUT2D eigenvalue weighted by atomic mass is 32.1. The van der Waals surface area contributed by atoms with E-state index in [0.717, 1.165) is 15.8 Å². The van der Waals surface area contributed by atoms with Crippen LogP contribution in [-0.4, -0.2) is 23.7 Å². The predicted molar refractivity (Wildman–Crippen MR) is 146 cm³/mol. The van der Waals surface area contributed by atoms with Crippen molar-refractivity contribution in [3.63, 3.8) is 0 Å². The molecule has 0 fully saturated rings. The number of carbonyl (C=O) groups excluding carboxylic acids is 1. The molecule has 1 heterocycles. The summed E-state index contributed by atoms with van der Waals surface area (Å²) in [5, 5.41) is 15.7. The fraction of sp³-hybridized carbons (Fsp3) is 0.143.